The van der Waals surface area contributed by atoms with Crippen molar-refractivity contribution in [1.82, 2.24) is 14.6 Å². The maximum atomic E-state index is 9.05. The highest BCUT2D eigenvalue weighted by molar-refractivity contribution is 5.52. The van der Waals surface area contributed by atoms with E-state index in [9.17, 15) is 0 Å². The van der Waals surface area contributed by atoms with Crippen molar-refractivity contribution in [3.8, 4) is 0 Å². The van der Waals surface area contributed by atoms with Crippen LogP contribution in [0.3, 0.4) is 0 Å². The molecule has 0 aromatic carbocycles. The zero-order chi connectivity index (χ0) is 12.3. The molecule has 2 N–H and O–H groups in total. The molecule has 0 saturated heterocycles. The average Bonchev–Trinajstić information content (AvgIpc) is 2.75. The molecule has 0 fully saturated rings. The van der Waals surface area contributed by atoms with Crippen molar-refractivity contribution >= 4 is 11.5 Å². The summed E-state index contributed by atoms with van der Waals surface area (Å²) in [6.45, 7) is 2.96. The van der Waals surface area contributed by atoms with Gasteiger partial charge < -0.3 is 15.1 Å². The predicted molar refractivity (Wildman–Crippen MR) is 64.1 cm³/mol. The van der Waals surface area contributed by atoms with Gasteiger partial charge in [0, 0.05) is 13.1 Å². The van der Waals surface area contributed by atoms with Crippen LogP contribution in [0.2, 0.25) is 0 Å². The van der Waals surface area contributed by atoms with Gasteiger partial charge in [-0.2, -0.15) is 9.61 Å². The first kappa shape index (κ1) is 11.8. The molecule has 0 aliphatic rings. The van der Waals surface area contributed by atoms with E-state index in [-0.39, 0.29) is 13.2 Å². The van der Waals surface area contributed by atoms with E-state index < -0.39 is 0 Å². The molecule has 0 saturated carbocycles. The van der Waals surface area contributed by atoms with Crippen molar-refractivity contribution in [2.75, 3.05) is 31.2 Å². The lowest BCUT2D eigenvalue weighted by Crippen LogP contribution is -2.31. The number of aromatic nitrogens is 3. The third kappa shape index (κ3) is 2.37. The second-order valence-corrected chi connectivity index (χ2v) is 3.86. The smallest absolute Gasteiger partial charge is 0.157 e. The van der Waals surface area contributed by atoms with Gasteiger partial charge in [-0.1, -0.05) is 0 Å². The highest BCUT2D eigenvalue weighted by Crippen LogP contribution is 2.17. The van der Waals surface area contributed by atoms with Gasteiger partial charge in [0.1, 0.15) is 12.1 Å². The third-order valence-corrected chi connectivity index (χ3v) is 2.57. The van der Waals surface area contributed by atoms with Gasteiger partial charge in [-0.3, -0.25) is 0 Å². The summed E-state index contributed by atoms with van der Waals surface area (Å²) in [7, 11) is 0. The molecule has 17 heavy (non-hydrogen) atoms. The summed E-state index contributed by atoms with van der Waals surface area (Å²) in [5.41, 5.74) is 1.84. The van der Waals surface area contributed by atoms with E-state index in [0.29, 0.717) is 13.1 Å². The zero-order valence-corrected chi connectivity index (χ0v) is 9.74. The summed E-state index contributed by atoms with van der Waals surface area (Å²) in [6, 6.07) is 3.90. The summed E-state index contributed by atoms with van der Waals surface area (Å²) in [5, 5.41) is 22.2. The number of fused-ring (bicyclic) bond motifs is 1. The molecule has 2 aromatic rings. The molecule has 0 aliphatic carbocycles. The molecule has 6 nitrogen and oxygen atoms in total. The highest BCUT2D eigenvalue weighted by Gasteiger charge is 2.11. The maximum absolute atomic E-state index is 9.05. The van der Waals surface area contributed by atoms with Crippen LogP contribution < -0.4 is 4.90 Å². The molecule has 2 rings (SSSR count). The fourth-order valence-electron chi connectivity index (χ4n) is 1.84. The topological polar surface area (TPSA) is 73.9 Å². The Bertz CT molecular complexity index is 491. The van der Waals surface area contributed by atoms with Crippen LogP contribution in [0.5, 0.6) is 0 Å². The van der Waals surface area contributed by atoms with Crippen LogP contribution in [-0.2, 0) is 0 Å². The maximum Gasteiger partial charge on any atom is 0.157 e. The number of pyridine rings is 1. The summed E-state index contributed by atoms with van der Waals surface area (Å²) in [4.78, 5) is 6.03. The molecule has 0 amide bonds. The summed E-state index contributed by atoms with van der Waals surface area (Å²) in [6.07, 6.45) is 1.49. The van der Waals surface area contributed by atoms with E-state index in [0.717, 1.165) is 17.0 Å². The van der Waals surface area contributed by atoms with Gasteiger partial charge in [-0.05, 0) is 24.6 Å². The molecule has 2 heterocycles. The van der Waals surface area contributed by atoms with E-state index in [2.05, 4.69) is 10.1 Å². The number of rotatable bonds is 5. The number of nitrogens with zero attached hydrogens (tertiary/aromatic N) is 4. The second kappa shape index (κ2) is 5.11. The normalized spacial score (nSPS) is 11.0. The molecule has 0 aliphatic heterocycles. The molecular formula is C11H16N4O2. The van der Waals surface area contributed by atoms with Gasteiger partial charge in [0.25, 0.3) is 0 Å². The van der Waals surface area contributed by atoms with Gasteiger partial charge in [0.15, 0.2) is 5.65 Å². The lowest BCUT2D eigenvalue weighted by Gasteiger charge is -2.23. The Morgan fingerprint density at radius 3 is 2.59 bits per heavy atom. The minimum absolute atomic E-state index is 0.0319. The van der Waals surface area contributed by atoms with Crippen LogP contribution in [0.25, 0.3) is 5.65 Å². The van der Waals surface area contributed by atoms with Crippen molar-refractivity contribution in [2.45, 2.75) is 6.92 Å². The van der Waals surface area contributed by atoms with Crippen molar-refractivity contribution in [1.29, 1.82) is 0 Å². The summed E-state index contributed by atoms with van der Waals surface area (Å²) >= 11 is 0. The lowest BCUT2D eigenvalue weighted by atomic mass is 10.2. The molecule has 0 bridgehead atoms. The molecular weight excluding hydrogens is 220 g/mol. The van der Waals surface area contributed by atoms with Crippen molar-refractivity contribution in [3.63, 3.8) is 0 Å². The van der Waals surface area contributed by atoms with Crippen LogP contribution in [0.1, 0.15) is 5.56 Å². The Balaban J connectivity index is 2.46. The molecule has 0 atom stereocenters. The number of anilines is 1. The lowest BCUT2D eigenvalue weighted by molar-refractivity contribution is 0.280. The summed E-state index contributed by atoms with van der Waals surface area (Å²) < 4.78 is 1.71. The van der Waals surface area contributed by atoms with Crippen molar-refractivity contribution in [3.05, 3.63) is 24.0 Å². The van der Waals surface area contributed by atoms with Crippen molar-refractivity contribution < 1.29 is 10.2 Å². The first-order valence-corrected chi connectivity index (χ1v) is 5.53. The number of aliphatic hydroxyl groups excluding tert-OH is 2. The largest absolute Gasteiger partial charge is 0.395 e. The quantitative estimate of drug-likeness (QED) is 0.754. The number of aryl methyl sites for hydroxylation is 1. The molecule has 92 valence electrons. The summed E-state index contributed by atoms with van der Waals surface area (Å²) in [5.74, 6) is 0.834. The number of hydrogen-bond acceptors (Lipinski definition) is 5. The van der Waals surface area contributed by atoms with Gasteiger partial charge in [-0.15, -0.1) is 0 Å². The first-order valence-electron chi connectivity index (χ1n) is 5.53. The van der Waals surface area contributed by atoms with E-state index in [4.69, 9.17) is 10.2 Å². The fraction of sp³-hybridized carbons (Fsp3) is 0.455. The van der Waals surface area contributed by atoms with Crippen LogP contribution in [-0.4, -0.2) is 51.1 Å². The molecule has 0 unspecified atom stereocenters. The van der Waals surface area contributed by atoms with Crippen LogP contribution >= 0.6 is 0 Å². The Hall–Kier alpha value is -1.66. The van der Waals surface area contributed by atoms with Gasteiger partial charge >= 0.3 is 0 Å². The molecule has 6 heteroatoms. The minimum atomic E-state index is 0.0319. The van der Waals surface area contributed by atoms with E-state index >= 15 is 0 Å². The highest BCUT2D eigenvalue weighted by atomic mass is 16.3. The van der Waals surface area contributed by atoms with Crippen molar-refractivity contribution in [2.24, 2.45) is 0 Å². The zero-order valence-electron chi connectivity index (χ0n) is 9.74. The molecule has 0 spiro atoms. The average molecular weight is 236 g/mol. The Morgan fingerprint density at radius 2 is 1.94 bits per heavy atom. The SMILES string of the molecule is Cc1cc(N(CCO)CCO)n2ncnc2c1. The number of aliphatic hydroxyl groups is 2. The Kier molecular flexibility index (Phi) is 3.55. The standard InChI is InChI=1S/C11H16N4O2/c1-9-6-10-12-8-13-15(10)11(7-9)14(2-4-16)3-5-17/h6-8,16-17H,2-5H2,1H3. The monoisotopic (exact) mass is 236 g/mol. The minimum Gasteiger partial charge on any atom is -0.395 e. The van der Waals surface area contributed by atoms with E-state index in [1.54, 1.807) is 4.52 Å². The predicted octanol–water partition coefficient (Wildman–Crippen LogP) is -0.171. The van der Waals surface area contributed by atoms with Crippen LogP contribution in [0.15, 0.2) is 18.5 Å². The number of hydrogen-bond donors (Lipinski definition) is 2. The third-order valence-electron chi connectivity index (χ3n) is 2.57. The fourth-order valence-corrected chi connectivity index (χ4v) is 1.84. The van der Waals surface area contributed by atoms with E-state index in [1.165, 1.54) is 6.33 Å². The van der Waals surface area contributed by atoms with E-state index in [1.807, 2.05) is 24.0 Å². The van der Waals surface area contributed by atoms with Gasteiger partial charge in [-0.25, -0.2) is 4.98 Å². The Morgan fingerprint density at radius 1 is 1.24 bits per heavy atom. The van der Waals surface area contributed by atoms with Gasteiger partial charge in [0.2, 0.25) is 0 Å². The second-order valence-electron chi connectivity index (χ2n) is 3.86. The van der Waals surface area contributed by atoms with Gasteiger partial charge in [0.05, 0.1) is 13.2 Å². The molecule has 2 aromatic heterocycles. The van der Waals surface area contributed by atoms with Crippen LogP contribution in [0, 0.1) is 6.92 Å². The Labute approximate surface area is 99.1 Å². The molecule has 0 radical (unpaired) electrons. The first-order chi connectivity index (χ1) is 8.26. The van der Waals surface area contributed by atoms with Crippen LogP contribution in [0.4, 0.5) is 5.82 Å².